The van der Waals surface area contributed by atoms with E-state index in [-0.39, 0.29) is 23.5 Å². The number of nitrogens with two attached hydrogens (primary N) is 1. The van der Waals surface area contributed by atoms with Gasteiger partial charge in [-0.05, 0) is 12.1 Å². The average molecular weight is 275 g/mol. The molecule has 0 aromatic heterocycles. The maximum atomic E-state index is 13.3. The van der Waals surface area contributed by atoms with Gasteiger partial charge in [-0.15, -0.1) is 0 Å². The molecule has 0 saturated heterocycles. The molecule has 0 saturated carbocycles. The molecule has 100 valence electrons. The van der Waals surface area contributed by atoms with E-state index in [1.807, 2.05) is 0 Å². The zero-order valence-corrected chi connectivity index (χ0v) is 10.6. The van der Waals surface area contributed by atoms with E-state index >= 15 is 0 Å². The molecular formula is C10H14FN3O3S. The minimum atomic E-state index is -3.15. The quantitative estimate of drug-likeness (QED) is 0.514. The van der Waals surface area contributed by atoms with Gasteiger partial charge in [-0.3, -0.25) is 10.6 Å². The number of hydrogen-bond acceptors (Lipinski definition) is 5. The molecule has 0 aliphatic heterocycles. The molecule has 0 atom stereocenters. The largest absolute Gasteiger partial charge is 0.351 e. The number of rotatable bonds is 5. The van der Waals surface area contributed by atoms with Crippen LogP contribution in [-0.2, 0) is 9.84 Å². The van der Waals surface area contributed by atoms with Gasteiger partial charge in [0.25, 0.3) is 5.91 Å². The van der Waals surface area contributed by atoms with Crippen LogP contribution in [0.25, 0.3) is 0 Å². The molecule has 1 aromatic carbocycles. The Hall–Kier alpha value is -1.67. The van der Waals surface area contributed by atoms with E-state index in [1.54, 1.807) is 0 Å². The fraction of sp³-hybridized carbons (Fsp3) is 0.300. The van der Waals surface area contributed by atoms with Crippen molar-refractivity contribution in [2.75, 3.05) is 24.0 Å². The number of sulfone groups is 1. The third-order valence-corrected chi connectivity index (χ3v) is 3.11. The summed E-state index contributed by atoms with van der Waals surface area (Å²) in [7, 11) is -3.15. The van der Waals surface area contributed by atoms with Crippen molar-refractivity contribution in [3.05, 3.63) is 29.6 Å². The van der Waals surface area contributed by atoms with Gasteiger partial charge in [0.1, 0.15) is 15.7 Å². The minimum Gasteiger partial charge on any atom is -0.351 e. The minimum absolute atomic E-state index is 0.0194. The lowest BCUT2D eigenvalue weighted by Gasteiger charge is -2.09. The van der Waals surface area contributed by atoms with Crippen LogP contribution in [0.1, 0.15) is 10.4 Å². The number of hydrazine groups is 1. The predicted molar refractivity (Wildman–Crippen MR) is 66.3 cm³/mol. The molecule has 0 aliphatic carbocycles. The van der Waals surface area contributed by atoms with Crippen LogP contribution in [0.5, 0.6) is 0 Å². The Labute approximate surface area is 104 Å². The van der Waals surface area contributed by atoms with Gasteiger partial charge in [0.15, 0.2) is 0 Å². The van der Waals surface area contributed by atoms with E-state index < -0.39 is 21.6 Å². The number of benzene rings is 1. The van der Waals surface area contributed by atoms with Crippen molar-refractivity contribution in [1.29, 1.82) is 0 Å². The zero-order chi connectivity index (χ0) is 13.8. The normalized spacial score (nSPS) is 11.1. The first-order valence-electron chi connectivity index (χ1n) is 5.06. The monoisotopic (exact) mass is 275 g/mol. The van der Waals surface area contributed by atoms with Crippen molar-refractivity contribution in [2.45, 2.75) is 0 Å². The lowest BCUT2D eigenvalue weighted by Crippen LogP contribution is -2.30. The van der Waals surface area contributed by atoms with Gasteiger partial charge >= 0.3 is 0 Å². The van der Waals surface area contributed by atoms with Crippen LogP contribution < -0.4 is 16.6 Å². The van der Waals surface area contributed by atoms with E-state index in [1.165, 1.54) is 12.1 Å². The molecule has 1 rings (SSSR count). The van der Waals surface area contributed by atoms with E-state index in [2.05, 4.69) is 10.7 Å². The summed E-state index contributed by atoms with van der Waals surface area (Å²) < 4.78 is 35.1. The van der Waals surface area contributed by atoms with Crippen LogP contribution in [0.3, 0.4) is 0 Å². The number of amides is 1. The van der Waals surface area contributed by atoms with E-state index in [0.29, 0.717) is 0 Å². The highest BCUT2D eigenvalue weighted by Crippen LogP contribution is 2.18. The van der Waals surface area contributed by atoms with E-state index in [9.17, 15) is 17.6 Å². The number of para-hydroxylation sites is 1. The molecule has 0 unspecified atom stereocenters. The van der Waals surface area contributed by atoms with Gasteiger partial charge in [-0.2, -0.15) is 0 Å². The zero-order valence-electron chi connectivity index (χ0n) is 9.73. The SMILES string of the molecule is CS(=O)(=O)CCNC(=O)c1cccc(F)c1NN. The van der Waals surface area contributed by atoms with Crippen molar-refractivity contribution >= 4 is 21.4 Å². The molecule has 18 heavy (non-hydrogen) atoms. The first-order chi connectivity index (χ1) is 8.35. The van der Waals surface area contributed by atoms with Gasteiger partial charge < -0.3 is 10.7 Å². The standard InChI is InChI=1S/C10H14FN3O3S/c1-18(16,17)6-5-13-10(15)7-3-2-4-8(11)9(7)14-12/h2-4,14H,5-6,12H2,1H3,(H,13,15). The van der Waals surface area contributed by atoms with Crippen LogP contribution in [0.4, 0.5) is 10.1 Å². The second-order valence-corrected chi connectivity index (χ2v) is 5.95. The first kappa shape index (κ1) is 14.4. The Kier molecular flexibility index (Phi) is 4.62. The number of halogens is 1. The lowest BCUT2D eigenvalue weighted by atomic mass is 10.1. The van der Waals surface area contributed by atoms with Gasteiger partial charge in [-0.1, -0.05) is 6.07 Å². The summed E-state index contributed by atoms with van der Waals surface area (Å²) in [6, 6.07) is 3.90. The summed E-state index contributed by atoms with van der Waals surface area (Å²) in [5, 5.41) is 2.38. The molecule has 1 aromatic rings. The van der Waals surface area contributed by atoms with E-state index in [4.69, 9.17) is 5.84 Å². The summed E-state index contributed by atoms with van der Waals surface area (Å²) in [5.74, 6) is 3.69. The number of hydrogen-bond donors (Lipinski definition) is 3. The smallest absolute Gasteiger partial charge is 0.253 e. The summed E-state index contributed by atoms with van der Waals surface area (Å²) in [5.41, 5.74) is 1.99. The van der Waals surface area contributed by atoms with Crippen LogP contribution in [0.15, 0.2) is 18.2 Å². The number of anilines is 1. The first-order valence-corrected chi connectivity index (χ1v) is 7.12. The molecule has 0 radical (unpaired) electrons. The number of nitrogens with one attached hydrogen (secondary N) is 2. The van der Waals surface area contributed by atoms with Crippen molar-refractivity contribution in [1.82, 2.24) is 5.32 Å². The van der Waals surface area contributed by atoms with E-state index in [0.717, 1.165) is 12.3 Å². The number of carbonyl (C=O) groups excluding carboxylic acids is 1. The highest BCUT2D eigenvalue weighted by Gasteiger charge is 2.14. The van der Waals surface area contributed by atoms with Gasteiger partial charge in [0.05, 0.1) is 17.0 Å². The third-order valence-electron chi connectivity index (χ3n) is 2.16. The van der Waals surface area contributed by atoms with Gasteiger partial charge in [0, 0.05) is 12.8 Å². The molecule has 0 aliphatic rings. The average Bonchev–Trinajstić information content (AvgIpc) is 2.26. The van der Waals surface area contributed by atoms with Crippen molar-refractivity contribution in [2.24, 2.45) is 5.84 Å². The number of carbonyl (C=O) groups is 1. The maximum absolute atomic E-state index is 13.3. The fourth-order valence-electron chi connectivity index (χ4n) is 1.31. The Morgan fingerprint density at radius 1 is 1.44 bits per heavy atom. The molecule has 0 spiro atoms. The van der Waals surface area contributed by atoms with Crippen LogP contribution in [0, 0.1) is 5.82 Å². The van der Waals surface area contributed by atoms with Crippen LogP contribution in [0.2, 0.25) is 0 Å². The Bertz CT molecular complexity index is 545. The Morgan fingerprint density at radius 2 is 2.11 bits per heavy atom. The summed E-state index contributed by atoms with van der Waals surface area (Å²) >= 11 is 0. The summed E-state index contributed by atoms with van der Waals surface area (Å²) in [4.78, 5) is 11.7. The van der Waals surface area contributed by atoms with Crippen molar-refractivity contribution in [3.8, 4) is 0 Å². The maximum Gasteiger partial charge on any atom is 0.253 e. The predicted octanol–water partition coefficient (Wildman–Crippen LogP) is -0.114. The van der Waals surface area contributed by atoms with Gasteiger partial charge in [0.2, 0.25) is 0 Å². The lowest BCUT2D eigenvalue weighted by molar-refractivity contribution is 0.0956. The fourth-order valence-corrected chi connectivity index (χ4v) is 1.78. The molecule has 6 nitrogen and oxygen atoms in total. The second-order valence-electron chi connectivity index (χ2n) is 3.69. The molecule has 0 fully saturated rings. The molecule has 0 heterocycles. The number of nitrogen functional groups attached to an aromatic ring is 1. The van der Waals surface area contributed by atoms with Crippen molar-refractivity contribution < 1.29 is 17.6 Å². The molecule has 4 N–H and O–H groups in total. The summed E-state index contributed by atoms with van der Waals surface area (Å²) in [6.45, 7) is -0.0435. The molecular weight excluding hydrogens is 261 g/mol. The van der Waals surface area contributed by atoms with Crippen LogP contribution in [-0.4, -0.2) is 32.9 Å². The Morgan fingerprint density at radius 3 is 2.67 bits per heavy atom. The third kappa shape index (κ3) is 3.97. The second kappa shape index (κ2) is 5.78. The molecule has 1 amide bonds. The Balaban J connectivity index is 2.76. The highest BCUT2D eigenvalue weighted by atomic mass is 32.2. The topological polar surface area (TPSA) is 101 Å². The molecule has 0 bridgehead atoms. The van der Waals surface area contributed by atoms with Crippen molar-refractivity contribution in [3.63, 3.8) is 0 Å². The summed E-state index contributed by atoms with van der Waals surface area (Å²) in [6.07, 6.45) is 1.06. The van der Waals surface area contributed by atoms with Crippen LogP contribution >= 0.6 is 0 Å². The highest BCUT2D eigenvalue weighted by molar-refractivity contribution is 7.90. The van der Waals surface area contributed by atoms with Gasteiger partial charge in [-0.25, -0.2) is 12.8 Å². The molecule has 8 heteroatoms.